The van der Waals surface area contributed by atoms with E-state index in [9.17, 15) is 0 Å². The predicted molar refractivity (Wildman–Crippen MR) is 233 cm³/mol. The third kappa shape index (κ3) is 15.9. The third-order valence-corrected chi connectivity index (χ3v) is 10.6. The second kappa shape index (κ2) is 17.3. The molecule has 3 heterocycles. The molecule has 0 aliphatic carbocycles. The van der Waals surface area contributed by atoms with Gasteiger partial charge in [0.1, 0.15) is 5.82 Å². The summed E-state index contributed by atoms with van der Waals surface area (Å²) in [7, 11) is 0. The molecular formula is C45H90N8. The first-order valence-corrected chi connectivity index (χ1v) is 21.4. The molecule has 0 amide bonds. The zero-order valence-electron chi connectivity index (χ0n) is 39.2. The van der Waals surface area contributed by atoms with Crippen LogP contribution in [0.4, 0.5) is 11.9 Å². The van der Waals surface area contributed by atoms with Gasteiger partial charge < -0.3 is 20.9 Å². The van der Waals surface area contributed by atoms with Crippen LogP contribution < -0.4 is 20.9 Å². The fraction of sp³-hybridized carbons (Fsp3) is 0.933. The van der Waals surface area contributed by atoms with Crippen LogP contribution in [0, 0.1) is 5.41 Å². The Labute approximate surface area is 330 Å². The summed E-state index contributed by atoms with van der Waals surface area (Å²) in [5.74, 6) is 2.38. The molecule has 1 aromatic heterocycles. The van der Waals surface area contributed by atoms with Crippen LogP contribution in [-0.2, 0) is 5.41 Å². The number of unbranched alkanes of at least 4 members (excludes halogenated alkanes) is 3. The molecule has 0 spiro atoms. The van der Waals surface area contributed by atoms with E-state index in [4.69, 9.17) is 15.0 Å². The van der Waals surface area contributed by atoms with Crippen molar-refractivity contribution in [3.8, 4) is 0 Å². The zero-order chi connectivity index (χ0) is 41.1. The molecule has 0 aromatic carbocycles. The molecule has 2 fully saturated rings. The Morgan fingerprint density at radius 2 is 1.04 bits per heavy atom. The highest BCUT2D eigenvalue weighted by Crippen LogP contribution is 2.37. The van der Waals surface area contributed by atoms with Crippen molar-refractivity contribution in [3.05, 3.63) is 5.82 Å². The maximum absolute atomic E-state index is 5.25. The van der Waals surface area contributed by atoms with Crippen molar-refractivity contribution >= 4 is 11.9 Å². The first kappa shape index (κ1) is 47.6. The lowest BCUT2D eigenvalue weighted by molar-refractivity contribution is 0.0111. The number of rotatable bonds is 13. The third-order valence-electron chi connectivity index (χ3n) is 10.6. The van der Waals surface area contributed by atoms with Crippen LogP contribution in [0.5, 0.6) is 0 Å². The van der Waals surface area contributed by atoms with E-state index in [-0.39, 0.29) is 44.1 Å². The number of hydrogen-bond donors (Lipinski definition) is 3. The van der Waals surface area contributed by atoms with Gasteiger partial charge in [-0.05, 0) is 147 Å². The van der Waals surface area contributed by atoms with Crippen molar-refractivity contribution in [2.45, 2.75) is 254 Å². The van der Waals surface area contributed by atoms with E-state index in [1.54, 1.807) is 0 Å². The molecule has 8 nitrogen and oxygen atoms in total. The van der Waals surface area contributed by atoms with Crippen LogP contribution in [0.3, 0.4) is 0 Å². The Balaban J connectivity index is 0.00000477. The minimum absolute atomic E-state index is 0.0223. The Morgan fingerprint density at radius 1 is 0.604 bits per heavy atom. The van der Waals surface area contributed by atoms with Gasteiger partial charge in [-0.15, -0.1) is 0 Å². The van der Waals surface area contributed by atoms with Gasteiger partial charge in [-0.2, -0.15) is 15.0 Å². The summed E-state index contributed by atoms with van der Waals surface area (Å²) in [6.45, 7) is 50.3. The van der Waals surface area contributed by atoms with Gasteiger partial charge in [0.25, 0.3) is 0 Å². The first-order valence-electron chi connectivity index (χ1n) is 21.4. The number of nitrogens with one attached hydrogen (secondary N) is 3. The average Bonchev–Trinajstić information content (AvgIpc) is 2.89. The highest BCUT2D eigenvalue weighted by Gasteiger charge is 2.43. The summed E-state index contributed by atoms with van der Waals surface area (Å²) in [5, 5.41) is 11.6. The Hall–Kier alpha value is -1.51. The molecule has 0 atom stereocenters. The van der Waals surface area contributed by atoms with E-state index in [0.29, 0.717) is 18.0 Å². The van der Waals surface area contributed by atoms with E-state index in [1.807, 2.05) is 13.8 Å². The SMILES string of the molecule is CC.CC(C)(C)CC(C)(C)Nc1nc(N(CCCCCCN(C2CC(C)(C)NC(C)(C)C2)C(C)(C)C)C2CC(C)(C)NC(C)(C)C2)nc(C(C)(C)C)n1. The summed E-state index contributed by atoms with van der Waals surface area (Å²) in [6, 6.07) is 0.931. The molecule has 2 saturated heterocycles. The lowest BCUT2D eigenvalue weighted by atomic mass is 9.78. The van der Waals surface area contributed by atoms with Gasteiger partial charge in [0.05, 0.1) is 0 Å². The largest absolute Gasteiger partial charge is 0.349 e. The van der Waals surface area contributed by atoms with Gasteiger partial charge >= 0.3 is 0 Å². The lowest BCUT2D eigenvalue weighted by Gasteiger charge is -2.53. The topological polar surface area (TPSA) is 81.2 Å². The standard InChI is InChI=1S/C43H84N8.C2H6/c1-36(2,3)30-43(18,19)47-34-44-33(37(4,5)6)45-35(46-34)50(31-26-39(10,11)48-40(12,13)27-31)24-22-20-21-23-25-51(38(7,8)9)32-28-41(14,15)49-42(16,17)29-32;1-2/h31-32,48-49H,20-30H2,1-19H3,(H,44,45,46,47);1-2H3. The van der Waals surface area contributed by atoms with Gasteiger partial charge in [-0.3, -0.25) is 4.90 Å². The number of anilines is 2. The number of aromatic nitrogens is 3. The van der Waals surface area contributed by atoms with Gasteiger partial charge in [-0.1, -0.05) is 68.2 Å². The molecule has 8 heteroatoms. The minimum atomic E-state index is -0.196. The van der Waals surface area contributed by atoms with Crippen LogP contribution >= 0.6 is 0 Å². The molecule has 2 aliphatic heterocycles. The van der Waals surface area contributed by atoms with Crippen LogP contribution in [0.1, 0.15) is 209 Å². The molecule has 0 saturated carbocycles. The lowest BCUT2D eigenvalue weighted by Crippen LogP contribution is -2.64. The quantitative estimate of drug-likeness (QED) is 0.172. The fourth-order valence-electron chi connectivity index (χ4n) is 9.96. The summed E-state index contributed by atoms with van der Waals surface area (Å²) in [4.78, 5) is 20.9. The van der Waals surface area contributed by atoms with Crippen LogP contribution in [-0.4, -0.2) is 78.3 Å². The van der Waals surface area contributed by atoms with Gasteiger partial charge in [0.15, 0.2) is 0 Å². The maximum Gasteiger partial charge on any atom is 0.230 e. The molecule has 1 aromatic rings. The average molecular weight is 743 g/mol. The van der Waals surface area contributed by atoms with Crippen LogP contribution in [0.25, 0.3) is 0 Å². The number of piperidine rings is 2. The summed E-state index contributed by atoms with van der Waals surface area (Å²) >= 11 is 0. The summed E-state index contributed by atoms with van der Waals surface area (Å²) < 4.78 is 0. The Kier molecular flexibility index (Phi) is 15.6. The van der Waals surface area contributed by atoms with E-state index < -0.39 is 0 Å². The zero-order valence-corrected chi connectivity index (χ0v) is 39.2. The molecule has 3 rings (SSSR count). The summed E-state index contributed by atoms with van der Waals surface area (Å²) in [6.07, 6.45) is 10.3. The van der Waals surface area contributed by atoms with Crippen molar-refractivity contribution in [2.24, 2.45) is 5.41 Å². The molecule has 0 radical (unpaired) electrons. The van der Waals surface area contributed by atoms with Crippen LogP contribution in [0.15, 0.2) is 0 Å². The molecular weight excluding hydrogens is 653 g/mol. The molecule has 0 bridgehead atoms. The van der Waals surface area contributed by atoms with Crippen molar-refractivity contribution in [2.75, 3.05) is 23.3 Å². The molecule has 3 N–H and O–H groups in total. The fourth-order valence-corrected chi connectivity index (χ4v) is 9.96. The van der Waals surface area contributed by atoms with Gasteiger partial charge in [-0.25, -0.2) is 0 Å². The minimum Gasteiger partial charge on any atom is -0.349 e. The first-order chi connectivity index (χ1) is 23.8. The monoisotopic (exact) mass is 743 g/mol. The van der Waals surface area contributed by atoms with Crippen LogP contribution in [0.2, 0.25) is 0 Å². The Bertz CT molecular complexity index is 1240. The number of nitrogens with zero attached hydrogens (tertiary/aromatic N) is 5. The molecule has 53 heavy (non-hydrogen) atoms. The smallest absolute Gasteiger partial charge is 0.230 e. The van der Waals surface area contributed by atoms with Gasteiger partial charge in [0, 0.05) is 57.3 Å². The predicted octanol–water partition coefficient (Wildman–Crippen LogP) is 10.9. The van der Waals surface area contributed by atoms with E-state index in [1.165, 1.54) is 32.1 Å². The second-order valence-electron chi connectivity index (χ2n) is 23.2. The van der Waals surface area contributed by atoms with Crippen molar-refractivity contribution in [3.63, 3.8) is 0 Å². The van der Waals surface area contributed by atoms with Crippen molar-refractivity contribution < 1.29 is 0 Å². The second-order valence-corrected chi connectivity index (χ2v) is 23.2. The van der Waals surface area contributed by atoms with Crippen molar-refractivity contribution in [1.82, 2.24) is 30.5 Å². The normalized spacial score (nSPS) is 20.9. The molecule has 2 aliphatic rings. The molecule has 310 valence electrons. The van der Waals surface area contributed by atoms with E-state index in [0.717, 1.165) is 50.5 Å². The van der Waals surface area contributed by atoms with Crippen molar-refractivity contribution in [1.29, 1.82) is 0 Å². The maximum atomic E-state index is 5.25. The highest BCUT2D eigenvalue weighted by molar-refractivity contribution is 5.41. The van der Waals surface area contributed by atoms with E-state index >= 15 is 0 Å². The highest BCUT2D eigenvalue weighted by atomic mass is 15.3. The molecule has 0 unspecified atom stereocenters. The van der Waals surface area contributed by atoms with E-state index in [2.05, 4.69) is 157 Å². The number of hydrogen-bond acceptors (Lipinski definition) is 8. The Morgan fingerprint density at radius 3 is 1.45 bits per heavy atom. The van der Waals surface area contributed by atoms with Gasteiger partial charge in [0.2, 0.25) is 11.9 Å². The summed E-state index contributed by atoms with van der Waals surface area (Å²) in [5.41, 5.74) is 0.323.